The van der Waals surface area contributed by atoms with E-state index in [4.69, 9.17) is 28.3 Å². The Labute approximate surface area is 110 Å². The van der Waals surface area contributed by atoms with Crippen molar-refractivity contribution in [2.24, 2.45) is 0 Å². The predicted molar refractivity (Wildman–Crippen MR) is 67.6 cm³/mol. The smallest absolute Gasteiger partial charge is 0.320 e. The molecule has 0 aliphatic carbocycles. The van der Waals surface area contributed by atoms with E-state index in [-0.39, 0.29) is 12.4 Å². The molecular formula is C10H12Cl3NO2. The standard InChI is InChI=1S/C10H11Cl2NO2.ClH/c1-6(10(14)15)13-5-7-8(11)3-2-4-9(7)12;/h2-4,6,13H,5H2,1H3,(H,14,15);1H. The van der Waals surface area contributed by atoms with E-state index >= 15 is 0 Å². The minimum absolute atomic E-state index is 0. The molecule has 0 aliphatic rings. The van der Waals surface area contributed by atoms with Gasteiger partial charge in [0.05, 0.1) is 0 Å². The van der Waals surface area contributed by atoms with E-state index in [1.807, 2.05) is 0 Å². The molecule has 6 heteroatoms. The van der Waals surface area contributed by atoms with Gasteiger partial charge < -0.3 is 10.4 Å². The molecule has 0 radical (unpaired) electrons. The fraction of sp³-hybridized carbons (Fsp3) is 0.300. The molecule has 1 rings (SSSR count). The number of rotatable bonds is 4. The van der Waals surface area contributed by atoms with Crippen LogP contribution in [0.3, 0.4) is 0 Å². The number of carboxylic acid groups (broad SMARTS) is 1. The van der Waals surface area contributed by atoms with Gasteiger partial charge in [0.15, 0.2) is 0 Å². The first kappa shape index (κ1) is 15.5. The Bertz CT molecular complexity index is 351. The Morgan fingerprint density at radius 2 is 1.94 bits per heavy atom. The van der Waals surface area contributed by atoms with Crippen LogP contribution < -0.4 is 5.32 Å². The Balaban J connectivity index is 0.00000225. The van der Waals surface area contributed by atoms with Crippen molar-refractivity contribution in [3.05, 3.63) is 33.8 Å². The predicted octanol–water partition coefficient (Wildman–Crippen LogP) is 2.98. The van der Waals surface area contributed by atoms with E-state index in [2.05, 4.69) is 5.32 Å². The summed E-state index contributed by atoms with van der Waals surface area (Å²) in [5, 5.41) is 12.6. The molecule has 0 aliphatic heterocycles. The molecule has 0 heterocycles. The fourth-order valence-electron chi connectivity index (χ4n) is 1.04. The highest BCUT2D eigenvalue weighted by Gasteiger charge is 2.11. The third-order valence-electron chi connectivity index (χ3n) is 2.02. The summed E-state index contributed by atoms with van der Waals surface area (Å²) in [5.41, 5.74) is 0.717. The minimum atomic E-state index is -0.904. The first-order valence-electron chi connectivity index (χ1n) is 4.41. The maximum atomic E-state index is 10.6. The number of hydrogen-bond acceptors (Lipinski definition) is 2. The minimum Gasteiger partial charge on any atom is -0.480 e. The zero-order valence-electron chi connectivity index (χ0n) is 8.54. The van der Waals surface area contributed by atoms with Crippen LogP contribution in [-0.2, 0) is 11.3 Å². The number of carbonyl (C=O) groups is 1. The van der Waals surface area contributed by atoms with E-state index in [0.717, 1.165) is 0 Å². The summed E-state index contributed by atoms with van der Waals surface area (Å²) in [4.78, 5) is 10.6. The van der Waals surface area contributed by atoms with Gasteiger partial charge in [-0.05, 0) is 19.1 Å². The molecule has 16 heavy (non-hydrogen) atoms. The molecule has 0 saturated heterocycles. The largest absolute Gasteiger partial charge is 0.480 e. The molecule has 1 aromatic carbocycles. The van der Waals surface area contributed by atoms with Crippen LogP contribution in [-0.4, -0.2) is 17.1 Å². The second kappa shape index (κ2) is 6.97. The summed E-state index contributed by atoms with van der Waals surface area (Å²) in [6.45, 7) is 1.90. The Morgan fingerprint density at radius 3 is 2.38 bits per heavy atom. The van der Waals surface area contributed by atoms with Gasteiger partial charge in [-0.25, -0.2) is 0 Å². The van der Waals surface area contributed by atoms with E-state index in [0.29, 0.717) is 22.2 Å². The number of halogens is 3. The summed E-state index contributed by atoms with van der Waals surface area (Å²) in [7, 11) is 0. The summed E-state index contributed by atoms with van der Waals surface area (Å²) in [6, 6.07) is 4.55. The zero-order chi connectivity index (χ0) is 11.4. The lowest BCUT2D eigenvalue weighted by molar-refractivity contribution is -0.139. The summed E-state index contributed by atoms with van der Waals surface area (Å²) in [6.07, 6.45) is 0. The van der Waals surface area contributed by atoms with Crippen molar-refractivity contribution in [1.82, 2.24) is 5.32 Å². The molecule has 1 aromatic rings. The van der Waals surface area contributed by atoms with Crippen molar-refractivity contribution in [3.63, 3.8) is 0 Å². The highest BCUT2D eigenvalue weighted by atomic mass is 35.5. The van der Waals surface area contributed by atoms with Gasteiger partial charge in [0.1, 0.15) is 6.04 Å². The van der Waals surface area contributed by atoms with Crippen molar-refractivity contribution < 1.29 is 9.90 Å². The normalized spacial score (nSPS) is 11.7. The van der Waals surface area contributed by atoms with Crippen LogP contribution in [0, 0.1) is 0 Å². The number of hydrogen-bond donors (Lipinski definition) is 2. The second-order valence-corrected chi connectivity index (χ2v) is 3.96. The highest BCUT2D eigenvalue weighted by molar-refractivity contribution is 6.35. The third-order valence-corrected chi connectivity index (χ3v) is 2.73. The molecular weight excluding hydrogens is 272 g/mol. The number of benzene rings is 1. The third kappa shape index (κ3) is 4.18. The second-order valence-electron chi connectivity index (χ2n) is 3.14. The quantitative estimate of drug-likeness (QED) is 0.893. The monoisotopic (exact) mass is 283 g/mol. The average molecular weight is 285 g/mol. The molecule has 90 valence electrons. The molecule has 1 unspecified atom stereocenters. The number of nitrogens with one attached hydrogen (secondary N) is 1. The van der Waals surface area contributed by atoms with Gasteiger partial charge in [0, 0.05) is 22.2 Å². The summed E-state index contributed by atoms with van der Waals surface area (Å²) < 4.78 is 0. The molecule has 0 amide bonds. The lowest BCUT2D eigenvalue weighted by atomic mass is 10.2. The Hall–Kier alpha value is -0.480. The van der Waals surface area contributed by atoms with Gasteiger partial charge in [-0.1, -0.05) is 29.3 Å². The van der Waals surface area contributed by atoms with Gasteiger partial charge in [0.2, 0.25) is 0 Å². The summed E-state index contributed by atoms with van der Waals surface area (Å²) in [5.74, 6) is -0.904. The van der Waals surface area contributed by atoms with Gasteiger partial charge in [0.25, 0.3) is 0 Å². The molecule has 2 N–H and O–H groups in total. The van der Waals surface area contributed by atoms with Crippen LogP contribution in [0.4, 0.5) is 0 Å². The lowest BCUT2D eigenvalue weighted by Crippen LogP contribution is -2.33. The highest BCUT2D eigenvalue weighted by Crippen LogP contribution is 2.23. The summed E-state index contributed by atoms with van der Waals surface area (Å²) >= 11 is 11.8. The van der Waals surface area contributed by atoms with Crippen LogP contribution in [0.15, 0.2) is 18.2 Å². The van der Waals surface area contributed by atoms with Crippen LogP contribution in [0.25, 0.3) is 0 Å². The van der Waals surface area contributed by atoms with Gasteiger partial charge in [-0.3, -0.25) is 4.79 Å². The van der Waals surface area contributed by atoms with Crippen LogP contribution in [0.2, 0.25) is 10.0 Å². The SMILES string of the molecule is CC(NCc1c(Cl)cccc1Cl)C(=O)O.Cl. The molecule has 0 aromatic heterocycles. The zero-order valence-corrected chi connectivity index (χ0v) is 10.9. The average Bonchev–Trinajstić information content (AvgIpc) is 2.16. The van der Waals surface area contributed by atoms with Crippen LogP contribution in [0.1, 0.15) is 12.5 Å². The van der Waals surface area contributed by atoms with Crippen molar-refractivity contribution in [1.29, 1.82) is 0 Å². The topological polar surface area (TPSA) is 49.3 Å². The molecule has 0 saturated carbocycles. The molecule has 0 fully saturated rings. The maximum absolute atomic E-state index is 10.6. The Morgan fingerprint density at radius 1 is 1.44 bits per heavy atom. The fourth-order valence-corrected chi connectivity index (χ4v) is 1.57. The van der Waals surface area contributed by atoms with Gasteiger partial charge in [-0.2, -0.15) is 0 Å². The molecule has 3 nitrogen and oxygen atoms in total. The van der Waals surface area contributed by atoms with E-state index in [9.17, 15) is 4.79 Å². The van der Waals surface area contributed by atoms with Crippen molar-refractivity contribution >= 4 is 41.6 Å². The number of carboxylic acids is 1. The Kier molecular flexibility index (Phi) is 6.76. The van der Waals surface area contributed by atoms with E-state index in [1.165, 1.54) is 0 Å². The first-order chi connectivity index (χ1) is 7.02. The molecule has 0 spiro atoms. The lowest BCUT2D eigenvalue weighted by Gasteiger charge is -2.11. The van der Waals surface area contributed by atoms with E-state index < -0.39 is 12.0 Å². The van der Waals surface area contributed by atoms with Crippen molar-refractivity contribution in [3.8, 4) is 0 Å². The van der Waals surface area contributed by atoms with Crippen molar-refractivity contribution in [2.75, 3.05) is 0 Å². The molecule has 1 atom stereocenters. The number of aliphatic carboxylic acids is 1. The maximum Gasteiger partial charge on any atom is 0.320 e. The van der Waals surface area contributed by atoms with Crippen LogP contribution >= 0.6 is 35.6 Å². The van der Waals surface area contributed by atoms with Gasteiger partial charge >= 0.3 is 5.97 Å². The van der Waals surface area contributed by atoms with E-state index in [1.54, 1.807) is 25.1 Å². The van der Waals surface area contributed by atoms with Gasteiger partial charge in [-0.15, -0.1) is 12.4 Å². The first-order valence-corrected chi connectivity index (χ1v) is 5.17. The van der Waals surface area contributed by atoms with Crippen LogP contribution in [0.5, 0.6) is 0 Å². The molecule has 0 bridgehead atoms. The van der Waals surface area contributed by atoms with Crippen molar-refractivity contribution in [2.45, 2.75) is 19.5 Å².